The van der Waals surface area contributed by atoms with Gasteiger partial charge in [0.1, 0.15) is 34.9 Å². The van der Waals surface area contributed by atoms with E-state index in [9.17, 15) is 22.0 Å². The number of aryl methyl sites for hydroxylation is 16. The second-order valence-electron chi connectivity index (χ2n) is 30.5. The molecule has 1 saturated carbocycles. The molecule has 0 N–H and O–H groups in total. The van der Waals surface area contributed by atoms with Crippen molar-refractivity contribution in [2.45, 2.75) is 217 Å². The molecule has 3 fully saturated rings. The first-order chi connectivity index (χ1) is 52.7. The highest BCUT2D eigenvalue weighted by Crippen LogP contribution is 2.29. The molecule has 0 amide bonds. The highest BCUT2D eigenvalue weighted by atomic mass is 35.5. The Kier molecular flexibility index (Phi) is 45.5. The number of rotatable bonds is 0. The van der Waals surface area contributed by atoms with Gasteiger partial charge in [-0.25, -0.2) is 31.9 Å². The Labute approximate surface area is 684 Å². The summed E-state index contributed by atoms with van der Waals surface area (Å²) in [6.45, 7) is 50.0. The van der Waals surface area contributed by atoms with Crippen LogP contribution in [0, 0.1) is 177 Å². The first-order valence-corrected chi connectivity index (χ1v) is 40.0. The number of halogens is 8. The molecule has 9 aromatic carbocycles. The number of fused-ring (bicyclic) bond motifs is 2. The van der Waals surface area contributed by atoms with Gasteiger partial charge in [-0.2, -0.15) is 0 Å². The van der Waals surface area contributed by atoms with Crippen LogP contribution in [0.4, 0.5) is 22.0 Å². The summed E-state index contributed by atoms with van der Waals surface area (Å²) in [6.07, 6.45) is 14.5. The molecule has 1 aliphatic carbocycles. The molecule has 2 saturated heterocycles. The van der Waals surface area contributed by atoms with Gasteiger partial charge in [-0.05, 0) is 278 Å². The molecule has 14 heteroatoms. The number of ether oxygens (including phenoxy) is 3. The minimum absolute atomic E-state index is 0.0196. The molecule has 4 heterocycles. The molecule has 11 aromatic rings. The molecule has 2 aliphatic heterocycles. The maximum atomic E-state index is 13.5. The summed E-state index contributed by atoms with van der Waals surface area (Å²) in [5.41, 5.74) is 16.4. The van der Waals surface area contributed by atoms with Gasteiger partial charge in [0.05, 0.1) is 24.3 Å². The average Bonchev–Trinajstić information content (AvgIpc) is 0.825. The lowest BCUT2D eigenvalue weighted by atomic mass is 9.84. The Balaban J connectivity index is 0.000000318. The maximum absolute atomic E-state index is 13.5. The standard InChI is InChI=1S/C12H11Cl.C12H11F.C8H8ClF.C8H9Cl.C8H8F2.C8H9F.C8H16.C8H10.C7H9N.C7H14O.C6H8N2.C6H12O2/c2*1-8-3-6-11-10(7-8)5-4-9(2)12(11)13;1-5-3-7(9)6(2)8(10)4-5;1-6-3-4-7(2)8(9)5-6;1-5-3-7(9)6(2)8(10)4-5;1-6-3-4-7(2)8(9)5-6;2*1-7-3-5-8(2)6-4-7;2*1-6-3-4-7(2)8-5-6;2*1-5-3-7-6(2)8-4-5/h2*3-7H,1-2H3;3-4H,1-2H3;3-5H,1-2H3;3-4H,1-2H3;3-5H,1-2H3;7-8H,3-6H2,1-2H3;3-6H,1-2H3;3-5H,1-2H3;6-7H,3-5H2,1-2H3;3-4H,1-2H3;5-6H,3-4H2,1-2H3. The van der Waals surface area contributed by atoms with Gasteiger partial charge in [0.15, 0.2) is 6.29 Å². The van der Waals surface area contributed by atoms with E-state index in [1.165, 1.54) is 103 Å². The molecule has 3 aliphatic rings. The van der Waals surface area contributed by atoms with Crippen molar-refractivity contribution >= 4 is 56.3 Å². The van der Waals surface area contributed by atoms with Crippen molar-refractivity contribution in [2.75, 3.05) is 19.8 Å². The van der Waals surface area contributed by atoms with E-state index in [0.717, 1.165) is 103 Å². The monoisotopic (exact) mass is 1590 g/mol. The Morgan fingerprint density at radius 1 is 0.304 bits per heavy atom. The van der Waals surface area contributed by atoms with Crippen LogP contribution in [0.5, 0.6) is 0 Å². The van der Waals surface area contributed by atoms with E-state index in [4.69, 9.17) is 49.0 Å². The van der Waals surface area contributed by atoms with E-state index in [0.29, 0.717) is 44.7 Å². The number of pyridine rings is 1. The van der Waals surface area contributed by atoms with Crippen molar-refractivity contribution < 1.29 is 36.2 Å². The summed E-state index contributed by atoms with van der Waals surface area (Å²) in [6, 6.07) is 49.7. The third-order valence-corrected chi connectivity index (χ3v) is 19.9. The minimum atomic E-state index is -0.475. The van der Waals surface area contributed by atoms with Crippen LogP contribution in [0.15, 0.2) is 176 Å². The van der Waals surface area contributed by atoms with E-state index in [1.54, 1.807) is 39.8 Å². The molecule has 0 radical (unpaired) electrons. The van der Waals surface area contributed by atoms with Crippen molar-refractivity contribution in [2.24, 2.45) is 23.7 Å². The fourth-order valence-electron chi connectivity index (χ4n) is 10.8. The van der Waals surface area contributed by atoms with Gasteiger partial charge in [-0.3, -0.25) is 4.98 Å². The summed E-state index contributed by atoms with van der Waals surface area (Å²) >= 11 is 17.7. The van der Waals surface area contributed by atoms with E-state index >= 15 is 0 Å². The van der Waals surface area contributed by atoms with Crippen molar-refractivity contribution in [1.82, 2.24) is 15.0 Å². The van der Waals surface area contributed by atoms with Crippen LogP contribution in [0.25, 0.3) is 21.5 Å². The highest BCUT2D eigenvalue weighted by molar-refractivity contribution is 6.36. The first kappa shape index (κ1) is 98.3. The molecule has 2 unspecified atom stereocenters. The Hall–Kier alpha value is -7.87. The topological polar surface area (TPSA) is 66.4 Å². The normalized spacial score (nSPS) is 16.3. The highest BCUT2D eigenvalue weighted by Gasteiger charge is 2.16. The van der Waals surface area contributed by atoms with E-state index in [-0.39, 0.29) is 29.3 Å². The largest absolute Gasteiger partial charge is 0.378 e. The first-order valence-electron chi connectivity index (χ1n) is 38.8. The molecule has 0 spiro atoms. The Morgan fingerprint density at radius 3 is 1.11 bits per heavy atom. The third kappa shape index (κ3) is 39.7. The SMILES string of the molecule is CC1CCC(C)CC1.CC1CCC(C)OC1.CC1COC(C)OC1.Cc1cc(F)c(C)c(Cl)c1.Cc1cc(F)c(C)c(F)c1.Cc1ccc(C)c(Cl)c1.Cc1ccc(C)c(F)c1.Cc1ccc(C)cc1.Cc1ccc(C)nc1.Cc1ccc2c(Cl)c(C)ccc2c1.Cc1ccc2c(F)c(C)ccc2c1.Cc1cnc(C)nc1. The van der Waals surface area contributed by atoms with Crippen molar-refractivity contribution in [3.63, 3.8) is 0 Å². The van der Waals surface area contributed by atoms with Crippen LogP contribution in [0.3, 0.4) is 0 Å². The Bertz CT molecular complexity index is 4070. The zero-order valence-electron chi connectivity index (χ0n) is 71.2. The Morgan fingerprint density at radius 2 is 0.688 bits per heavy atom. The smallest absolute Gasteiger partial charge is 0.154 e. The van der Waals surface area contributed by atoms with E-state index < -0.39 is 11.6 Å². The summed E-state index contributed by atoms with van der Waals surface area (Å²) < 4.78 is 79.8. The van der Waals surface area contributed by atoms with Crippen LogP contribution in [0.2, 0.25) is 15.1 Å². The lowest BCUT2D eigenvalue weighted by Crippen LogP contribution is -2.27. The molecule has 14 rings (SSSR count). The van der Waals surface area contributed by atoms with Gasteiger partial charge < -0.3 is 14.2 Å². The van der Waals surface area contributed by atoms with Crippen LogP contribution >= 0.6 is 34.8 Å². The lowest BCUT2D eigenvalue weighted by molar-refractivity contribution is -0.187. The average molecular weight is 1590 g/mol. The lowest BCUT2D eigenvalue weighted by Gasteiger charge is -2.24. The van der Waals surface area contributed by atoms with Gasteiger partial charge in [-0.15, -0.1) is 0 Å². The van der Waals surface area contributed by atoms with Crippen molar-refractivity contribution in [3.05, 3.63) is 321 Å². The van der Waals surface area contributed by atoms with E-state index in [2.05, 4.69) is 137 Å². The van der Waals surface area contributed by atoms with Gasteiger partial charge in [0.25, 0.3) is 0 Å². The molecule has 2 aromatic heterocycles. The summed E-state index contributed by atoms with van der Waals surface area (Å²) in [4.78, 5) is 12.0. The van der Waals surface area contributed by atoms with E-state index in [1.807, 2.05) is 149 Å². The number of hydrogen-bond donors (Lipinski definition) is 0. The predicted molar refractivity (Wildman–Crippen MR) is 468 cm³/mol. The number of nitrogens with zero attached hydrogens (tertiary/aromatic N) is 3. The summed E-state index contributed by atoms with van der Waals surface area (Å²) in [5.74, 6) is 2.85. The fourth-order valence-corrected chi connectivity index (χ4v) is 11.5. The number of aromatic nitrogens is 3. The maximum Gasteiger partial charge on any atom is 0.154 e. The predicted octanol–water partition coefficient (Wildman–Crippen LogP) is 29.5. The van der Waals surface area contributed by atoms with Crippen LogP contribution in [-0.4, -0.2) is 47.2 Å². The molecule has 0 bridgehead atoms. The zero-order chi connectivity index (χ0) is 83.9. The summed E-state index contributed by atoms with van der Waals surface area (Å²) in [7, 11) is 0. The minimum Gasteiger partial charge on any atom is -0.378 e. The van der Waals surface area contributed by atoms with Gasteiger partial charge in [-0.1, -0.05) is 226 Å². The van der Waals surface area contributed by atoms with Gasteiger partial charge in [0.2, 0.25) is 0 Å². The molecule has 112 heavy (non-hydrogen) atoms. The van der Waals surface area contributed by atoms with Crippen molar-refractivity contribution in [3.8, 4) is 0 Å². The third-order valence-electron chi connectivity index (χ3n) is 18.6. The second-order valence-corrected chi connectivity index (χ2v) is 31.7. The van der Waals surface area contributed by atoms with Gasteiger partial charge in [0, 0.05) is 68.8 Å². The van der Waals surface area contributed by atoms with Crippen molar-refractivity contribution in [1.29, 1.82) is 0 Å². The molecule has 2 atom stereocenters. The van der Waals surface area contributed by atoms with Crippen LogP contribution in [0.1, 0.15) is 181 Å². The number of benzene rings is 9. The molecular weight excluding hydrogens is 1470 g/mol. The van der Waals surface area contributed by atoms with Crippen LogP contribution in [-0.2, 0) is 14.2 Å². The quantitative estimate of drug-likeness (QED) is 0.141. The number of hydrogen-bond acceptors (Lipinski definition) is 6. The van der Waals surface area contributed by atoms with Crippen LogP contribution < -0.4 is 0 Å². The molecule has 6 nitrogen and oxygen atoms in total. The zero-order valence-corrected chi connectivity index (χ0v) is 73.4. The second kappa shape index (κ2) is 51.8. The summed E-state index contributed by atoms with van der Waals surface area (Å²) in [5, 5.41) is 6.28. The molecule has 606 valence electrons. The fraction of sp³-hybridized carbons (Fsp3) is 0.398. The van der Waals surface area contributed by atoms with Gasteiger partial charge >= 0.3 is 0 Å². The molecular formula is C98H125Cl3F5N3O3.